The number of pyridine rings is 1. The number of hydrogen-bond acceptors (Lipinski definition) is 3. The number of benzene rings is 1. The van der Waals surface area contributed by atoms with Gasteiger partial charge in [-0.05, 0) is 42.0 Å². The quantitative estimate of drug-likeness (QED) is 0.778. The van der Waals surface area contributed by atoms with Gasteiger partial charge in [0, 0.05) is 51.7 Å². The fourth-order valence-corrected chi connectivity index (χ4v) is 3.47. The van der Waals surface area contributed by atoms with E-state index >= 15 is 0 Å². The average molecular weight is 323 g/mol. The Kier molecular flexibility index (Phi) is 6.39. The van der Waals surface area contributed by atoms with Crippen molar-refractivity contribution < 1.29 is 0 Å². The molecule has 128 valence electrons. The van der Waals surface area contributed by atoms with Crippen molar-refractivity contribution >= 4 is 0 Å². The Morgan fingerprint density at radius 2 is 1.54 bits per heavy atom. The Hall–Kier alpha value is -1.71. The van der Waals surface area contributed by atoms with E-state index < -0.39 is 0 Å². The summed E-state index contributed by atoms with van der Waals surface area (Å²) in [5.41, 5.74) is 2.83. The standard InChI is InChI=1S/C21H29N3/c1-19(7-8-20-5-3-2-4-6-20)17-23-13-15-24(16-14-23)18-21-9-11-22-12-10-21/h2-6,9-12,19H,7-8,13-18H2,1H3/t19-/m0/s1. The summed E-state index contributed by atoms with van der Waals surface area (Å²) in [4.78, 5) is 9.29. The zero-order chi connectivity index (χ0) is 16.6. The van der Waals surface area contributed by atoms with Gasteiger partial charge in [-0.25, -0.2) is 0 Å². The predicted molar refractivity (Wildman–Crippen MR) is 99.9 cm³/mol. The summed E-state index contributed by atoms with van der Waals surface area (Å²) in [7, 11) is 0. The Bertz CT molecular complexity index is 577. The lowest BCUT2D eigenvalue weighted by atomic mass is 10.0. The smallest absolute Gasteiger partial charge is 0.0271 e. The van der Waals surface area contributed by atoms with Crippen molar-refractivity contribution in [2.45, 2.75) is 26.3 Å². The molecule has 1 aromatic heterocycles. The first kappa shape index (κ1) is 17.1. The number of piperazine rings is 1. The molecule has 2 aromatic rings. The van der Waals surface area contributed by atoms with Crippen molar-refractivity contribution in [1.82, 2.24) is 14.8 Å². The van der Waals surface area contributed by atoms with Crippen LogP contribution in [0.1, 0.15) is 24.5 Å². The highest BCUT2D eigenvalue weighted by molar-refractivity contribution is 5.14. The number of hydrogen-bond donors (Lipinski definition) is 0. The van der Waals surface area contributed by atoms with Crippen molar-refractivity contribution in [3.05, 3.63) is 66.0 Å². The van der Waals surface area contributed by atoms with Crippen molar-refractivity contribution in [3.8, 4) is 0 Å². The minimum Gasteiger partial charge on any atom is -0.301 e. The third-order valence-electron chi connectivity index (χ3n) is 4.96. The van der Waals surface area contributed by atoms with Crippen LogP contribution in [0, 0.1) is 5.92 Å². The average Bonchev–Trinajstić information content (AvgIpc) is 2.63. The second kappa shape index (κ2) is 8.95. The maximum atomic E-state index is 4.10. The first-order valence-corrected chi connectivity index (χ1v) is 9.17. The molecule has 0 bridgehead atoms. The van der Waals surface area contributed by atoms with Crippen LogP contribution in [-0.4, -0.2) is 47.5 Å². The highest BCUT2D eigenvalue weighted by atomic mass is 15.3. The summed E-state index contributed by atoms with van der Waals surface area (Å²) in [6.45, 7) is 9.42. The van der Waals surface area contributed by atoms with E-state index in [-0.39, 0.29) is 0 Å². The summed E-state index contributed by atoms with van der Waals surface area (Å²) < 4.78 is 0. The van der Waals surface area contributed by atoms with E-state index in [1.807, 2.05) is 12.4 Å². The Morgan fingerprint density at radius 3 is 2.25 bits per heavy atom. The van der Waals surface area contributed by atoms with Gasteiger partial charge in [0.1, 0.15) is 0 Å². The minimum atomic E-state index is 0.761. The second-order valence-corrected chi connectivity index (χ2v) is 7.06. The van der Waals surface area contributed by atoms with E-state index in [0.717, 1.165) is 12.5 Å². The van der Waals surface area contributed by atoms with Gasteiger partial charge < -0.3 is 4.90 Å². The van der Waals surface area contributed by atoms with Crippen LogP contribution in [0.3, 0.4) is 0 Å². The number of rotatable bonds is 7. The lowest BCUT2D eigenvalue weighted by Gasteiger charge is -2.36. The number of aryl methyl sites for hydroxylation is 1. The molecule has 1 aromatic carbocycles. The molecule has 1 fully saturated rings. The van der Waals surface area contributed by atoms with Crippen LogP contribution in [-0.2, 0) is 13.0 Å². The van der Waals surface area contributed by atoms with E-state index in [1.165, 1.54) is 56.7 Å². The lowest BCUT2D eigenvalue weighted by molar-refractivity contribution is 0.114. The molecular formula is C21H29N3. The molecule has 1 atom stereocenters. The SMILES string of the molecule is C[C@@H](CCc1ccccc1)CN1CCN(Cc2ccncc2)CC1. The van der Waals surface area contributed by atoms with Gasteiger partial charge in [0.15, 0.2) is 0 Å². The maximum Gasteiger partial charge on any atom is 0.0271 e. The maximum absolute atomic E-state index is 4.10. The highest BCUT2D eigenvalue weighted by Gasteiger charge is 2.18. The molecule has 0 saturated carbocycles. The van der Waals surface area contributed by atoms with Crippen LogP contribution in [0.25, 0.3) is 0 Å². The summed E-state index contributed by atoms with van der Waals surface area (Å²) in [5, 5.41) is 0. The second-order valence-electron chi connectivity index (χ2n) is 7.06. The fraction of sp³-hybridized carbons (Fsp3) is 0.476. The topological polar surface area (TPSA) is 19.4 Å². The van der Waals surface area contributed by atoms with Crippen molar-refractivity contribution in [2.24, 2.45) is 5.92 Å². The molecule has 3 rings (SSSR count). The van der Waals surface area contributed by atoms with Gasteiger partial charge in [0.2, 0.25) is 0 Å². The minimum absolute atomic E-state index is 0.761. The van der Waals surface area contributed by atoms with Gasteiger partial charge in [-0.3, -0.25) is 9.88 Å². The molecule has 2 heterocycles. The molecule has 1 aliphatic heterocycles. The number of nitrogens with zero attached hydrogens (tertiary/aromatic N) is 3. The van der Waals surface area contributed by atoms with E-state index in [1.54, 1.807) is 0 Å². The van der Waals surface area contributed by atoms with Gasteiger partial charge in [-0.15, -0.1) is 0 Å². The molecule has 3 nitrogen and oxygen atoms in total. The van der Waals surface area contributed by atoms with Gasteiger partial charge in [-0.2, -0.15) is 0 Å². The van der Waals surface area contributed by atoms with E-state index in [9.17, 15) is 0 Å². The molecule has 0 radical (unpaired) electrons. The van der Waals surface area contributed by atoms with E-state index in [4.69, 9.17) is 0 Å². The monoisotopic (exact) mass is 323 g/mol. The number of aromatic nitrogens is 1. The van der Waals surface area contributed by atoms with Crippen molar-refractivity contribution in [1.29, 1.82) is 0 Å². The Balaban J connectivity index is 1.36. The van der Waals surface area contributed by atoms with Crippen LogP contribution in [0.15, 0.2) is 54.9 Å². The molecule has 0 N–H and O–H groups in total. The summed E-state index contributed by atoms with van der Waals surface area (Å²) >= 11 is 0. The molecular weight excluding hydrogens is 294 g/mol. The van der Waals surface area contributed by atoms with Crippen molar-refractivity contribution in [3.63, 3.8) is 0 Å². The molecule has 0 unspecified atom stereocenters. The van der Waals surface area contributed by atoms with Crippen LogP contribution in [0.2, 0.25) is 0 Å². The normalized spacial score (nSPS) is 17.7. The summed E-state index contributed by atoms with van der Waals surface area (Å²) in [6, 6.07) is 15.1. The molecule has 1 saturated heterocycles. The first-order valence-electron chi connectivity index (χ1n) is 9.17. The van der Waals surface area contributed by atoms with E-state index in [2.05, 4.69) is 64.2 Å². The van der Waals surface area contributed by atoms with Gasteiger partial charge >= 0.3 is 0 Å². The van der Waals surface area contributed by atoms with Crippen LogP contribution in [0.5, 0.6) is 0 Å². The van der Waals surface area contributed by atoms with Crippen LogP contribution >= 0.6 is 0 Å². The zero-order valence-electron chi connectivity index (χ0n) is 14.8. The molecule has 24 heavy (non-hydrogen) atoms. The first-order chi connectivity index (χ1) is 11.8. The van der Waals surface area contributed by atoms with Gasteiger partial charge in [-0.1, -0.05) is 37.3 Å². The largest absolute Gasteiger partial charge is 0.301 e. The molecule has 0 amide bonds. The Labute approximate surface area is 146 Å². The third kappa shape index (κ3) is 5.43. The third-order valence-corrected chi connectivity index (χ3v) is 4.96. The molecule has 0 aliphatic carbocycles. The highest BCUT2D eigenvalue weighted by Crippen LogP contribution is 2.13. The summed E-state index contributed by atoms with van der Waals surface area (Å²) in [5.74, 6) is 0.761. The Morgan fingerprint density at radius 1 is 0.875 bits per heavy atom. The molecule has 3 heteroatoms. The van der Waals surface area contributed by atoms with Crippen LogP contribution < -0.4 is 0 Å². The molecule has 1 aliphatic rings. The van der Waals surface area contributed by atoms with Gasteiger partial charge in [0.25, 0.3) is 0 Å². The van der Waals surface area contributed by atoms with Crippen molar-refractivity contribution in [2.75, 3.05) is 32.7 Å². The predicted octanol–water partition coefficient (Wildman–Crippen LogP) is 3.47. The van der Waals surface area contributed by atoms with Crippen LogP contribution in [0.4, 0.5) is 0 Å². The fourth-order valence-electron chi connectivity index (χ4n) is 3.47. The van der Waals surface area contributed by atoms with E-state index in [0.29, 0.717) is 0 Å². The summed E-state index contributed by atoms with van der Waals surface area (Å²) in [6.07, 6.45) is 6.26. The van der Waals surface area contributed by atoms with Gasteiger partial charge in [0.05, 0.1) is 0 Å². The lowest BCUT2D eigenvalue weighted by Crippen LogP contribution is -2.47. The zero-order valence-corrected chi connectivity index (χ0v) is 14.8. The molecule has 0 spiro atoms.